The number of hydrogen-bond acceptors (Lipinski definition) is 7. The van der Waals surface area contributed by atoms with Gasteiger partial charge in [0.05, 0.1) is 23.9 Å². The predicted octanol–water partition coefficient (Wildman–Crippen LogP) is 1.72. The number of pyridine rings is 1. The van der Waals surface area contributed by atoms with Gasteiger partial charge in [-0.2, -0.15) is 10.1 Å². The van der Waals surface area contributed by atoms with Crippen molar-refractivity contribution in [3.8, 4) is 17.3 Å². The summed E-state index contributed by atoms with van der Waals surface area (Å²) in [6.07, 6.45) is 4.23. The number of anilines is 1. The lowest BCUT2D eigenvalue weighted by Crippen LogP contribution is -2.44. The molecule has 0 radical (unpaired) electrons. The van der Waals surface area contributed by atoms with Crippen molar-refractivity contribution < 1.29 is 19.7 Å². The Bertz CT molecular complexity index is 1010. The summed E-state index contributed by atoms with van der Waals surface area (Å²) in [6.45, 7) is 0.907. The average molecular weight is 398 g/mol. The average Bonchev–Trinajstić information content (AvgIpc) is 3.16. The molecule has 3 aromatic heterocycles. The van der Waals surface area contributed by atoms with Crippen LogP contribution in [0.15, 0.2) is 36.7 Å². The van der Waals surface area contributed by atoms with Crippen molar-refractivity contribution in [1.29, 1.82) is 0 Å². The highest BCUT2D eigenvalue weighted by Crippen LogP contribution is 2.26. The van der Waals surface area contributed by atoms with Crippen LogP contribution in [0.25, 0.3) is 16.9 Å². The van der Waals surface area contributed by atoms with Crippen molar-refractivity contribution in [2.45, 2.75) is 18.9 Å². The van der Waals surface area contributed by atoms with Gasteiger partial charge in [-0.3, -0.25) is 0 Å². The van der Waals surface area contributed by atoms with Crippen LogP contribution in [0.1, 0.15) is 12.8 Å². The Morgan fingerprint density at radius 1 is 1.34 bits per heavy atom. The molecule has 3 N–H and O–H groups in total. The van der Waals surface area contributed by atoms with E-state index in [1.165, 1.54) is 4.90 Å². The number of rotatable bonds is 6. The van der Waals surface area contributed by atoms with E-state index < -0.39 is 6.09 Å². The number of aliphatic hydroxyl groups is 1. The minimum absolute atomic E-state index is 0.0581. The Balaban J connectivity index is 1.65. The molecular weight excluding hydrogens is 376 g/mol. The first kappa shape index (κ1) is 18.9. The smallest absolute Gasteiger partial charge is 0.407 e. The molecule has 1 atom stereocenters. The van der Waals surface area contributed by atoms with Gasteiger partial charge in [-0.1, -0.05) is 6.07 Å². The minimum atomic E-state index is -0.918. The standard InChI is InChI=1S/C19H22N6O4/c26-8-9-29-17-10-16(21-13-4-3-6-24(12-13)19(27)28)22-18(23-17)14-11-20-25-7-2-1-5-15(14)25/h1-2,5,7,10-11,13,26H,3-4,6,8-9,12H2,(H,27,28)(H,21,22,23)/t13-/m1/s1. The number of likely N-dealkylation sites (tertiary alicyclic amines) is 1. The summed E-state index contributed by atoms with van der Waals surface area (Å²) in [5, 5.41) is 26.0. The van der Waals surface area contributed by atoms with Crippen molar-refractivity contribution in [3.63, 3.8) is 0 Å². The van der Waals surface area contributed by atoms with Gasteiger partial charge in [-0.05, 0) is 25.0 Å². The Morgan fingerprint density at radius 3 is 3.07 bits per heavy atom. The maximum Gasteiger partial charge on any atom is 0.407 e. The molecule has 1 aliphatic rings. The van der Waals surface area contributed by atoms with Gasteiger partial charge in [-0.15, -0.1) is 0 Å². The zero-order valence-electron chi connectivity index (χ0n) is 15.7. The van der Waals surface area contributed by atoms with Crippen LogP contribution < -0.4 is 10.1 Å². The first-order chi connectivity index (χ1) is 14.1. The number of aromatic nitrogens is 4. The van der Waals surface area contributed by atoms with Crippen molar-refractivity contribution >= 4 is 17.4 Å². The second-order valence-electron chi connectivity index (χ2n) is 6.79. The number of carbonyl (C=O) groups is 1. The molecule has 0 aromatic carbocycles. The molecule has 10 nitrogen and oxygen atoms in total. The number of fused-ring (bicyclic) bond motifs is 1. The van der Waals surface area contributed by atoms with Crippen LogP contribution in [0, 0.1) is 0 Å². The SMILES string of the molecule is O=C(O)N1CCC[C@@H](Nc2cc(OCCO)nc(-c3cnn4ccccc34)n2)C1. The summed E-state index contributed by atoms with van der Waals surface area (Å²) in [5.74, 6) is 1.30. The molecule has 10 heteroatoms. The Morgan fingerprint density at radius 2 is 2.24 bits per heavy atom. The molecule has 0 bridgehead atoms. The van der Waals surface area contributed by atoms with Gasteiger partial charge in [0, 0.05) is 31.4 Å². The van der Waals surface area contributed by atoms with Crippen LogP contribution >= 0.6 is 0 Å². The zero-order valence-corrected chi connectivity index (χ0v) is 15.7. The highest BCUT2D eigenvalue weighted by Gasteiger charge is 2.24. The monoisotopic (exact) mass is 398 g/mol. The lowest BCUT2D eigenvalue weighted by molar-refractivity contribution is 0.132. The fourth-order valence-corrected chi connectivity index (χ4v) is 3.43. The predicted molar refractivity (Wildman–Crippen MR) is 105 cm³/mol. The summed E-state index contributed by atoms with van der Waals surface area (Å²) in [7, 11) is 0. The normalized spacial score (nSPS) is 16.7. The maximum atomic E-state index is 11.3. The van der Waals surface area contributed by atoms with E-state index in [-0.39, 0.29) is 19.3 Å². The molecular formula is C19H22N6O4. The van der Waals surface area contributed by atoms with Crippen molar-refractivity contribution in [2.24, 2.45) is 0 Å². The molecule has 0 aliphatic carbocycles. The van der Waals surface area contributed by atoms with E-state index in [4.69, 9.17) is 9.84 Å². The number of amides is 1. The van der Waals surface area contributed by atoms with Crippen LogP contribution in [0.4, 0.5) is 10.6 Å². The molecule has 4 heterocycles. The third-order valence-electron chi connectivity index (χ3n) is 4.76. The first-order valence-electron chi connectivity index (χ1n) is 9.44. The second-order valence-corrected chi connectivity index (χ2v) is 6.79. The lowest BCUT2D eigenvalue weighted by Gasteiger charge is -2.31. The fraction of sp³-hybridized carbons (Fsp3) is 0.368. The lowest BCUT2D eigenvalue weighted by atomic mass is 10.1. The number of hydrogen-bond donors (Lipinski definition) is 3. The van der Waals surface area contributed by atoms with Crippen molar-refractivity contribution in [3.05, 3.63) is 36.7 Å². The summed E-state index contributed by atoms with van der Waals surface area (Å²) in [5.41, 5.74) is 1.60. The highest BCUT2D eigenvalue weighted by atomic mass is 16.5. The Hall–Kier alpha value is -3.40. The number of piperidine rings is 1. The van der Waals surface area contributed by atoms with Crippen molar-refractivity contribution in [1.82, 2.24) is 24.5 Å². The van der Waals surface area contributed by atoms with Gasteiger partial charge in [0.1, 0.15) is 12.4 Å². The summed E-state index contributed by atoms with van der Waals surface area (Å²) in [4.78, 5) is 21.8. The van der Waals surface area contributed by atoms with Gasteiger partial charge in [0.15, 0.2) is 5.82 Å². The van der Waals surface area contributed by atoms with Gasteiger partial charge in [0.2, 0.25) is 5.88 Å². The van der Waals surface area contributed by atoms with Crippen LogP contribution in [-0.2, 0) is 0 Å². The molecule has 3 aromatic rings. The van der Waals surface area contributed by atoms with E-state index in [9.17, 15) is 9.90 Å². The van der Waals surface area contributed by atoms with Crippen molar-refractivity contribution in [2.75, 3.05) is 31.6 Å². The molecule has 0 unspecified atom stereocenters. The molecule has 4 rings (SSSR count). The zero-order chi connectivity index (χ0) is 20.2. The maximum absolute atomic E-state index is 11.3. The number of nitrogens with one attached hydrogen (secondary N) is 1. The van der Waals surface area contributed by atoms with Crippen LogP contribution in [0.3, 0.4) is 0 Å². The number of carboxylic acid groups (broad SMARTS) is 1. The quantitative estimate of drug-likeness (QED) is 0.573. The van der Waals surface area contributed by atoms with Gasteiger partial charge in [-0.25, -0.2) is 14.3 Å². The number of nitrogens with zero attached hydrogens (tertiary/aromatic N) is 5. The molecule has 0 saturated carbocycles. The van der Waals surface area contributed by atoms with E-state index in [0.717, 1.165) is 23.9 Å². The van der Waals surface area contributed by atoms with Gasteiger partial charge >= 0.3 is 6.09 Å². The topological polar surface area (TPSA) is 125 Å². The van der Waals surface area contributed by atoms with E-state index >= 15 is 0 Å². The number of ether oxygens (including phenoxy) is 1. The Labute approximate surface area is 166 Å². The summed E-state index contributed by atoms with van der Waals surface area (Å²) >= 11 is 0. The largest absolute Gasteiger partial charge is 0.475 e. The molecule has 0 spiro atoms. The fourth-order valence-electron chi connectivity index (χ4n) is 3.43. The molecule has 1 fully saturated rings. The highest BCUT2D eigenvalue weighted by molar-refractivity contribution is 5.76. The second kappa shape index (κ2) is 8.31. The van der Waals surface area contributed by atoms with E-state index in [1.54, 1.807) is 16.8 Å². The van der Waals surface area contributed by atoms with E-state index in [2.05, 4.69) is 20.4 Å². The molecule has 1 aliphatic heterocycles. The van der Waals surface area contributed by atoms with Crippen LogP contribution in [0.2, 0.25) is 0 Å². The third kappa shape index (κ3) is 4.21. The first-order valence-corrected chi connectivity index (χ1v) is 9.44. The summed E-state index contributed by atoms with van der Waals surface area (Å²) < 4.78 is 7.26. The third-order valence-corrected chi connectivity index (χ3v) is 4.76. The van der Waals surface area contributed by atoms with E-state index in [0.29, 0.717) is 30.6 Å². The number of aliphatic hydroxyl groups excluding tert-OH is 1. The molecule has 1 amide bonds. The summed E-state index contributed by atoms with van der Waals surface area (Å²) in [6, 6.07) is 7.32. The van der Waals surface area contributed by atoms with E-state index in [1.807, 2.05) is 24.4 Å². The van der Waals surface area contributed by atoms with Crippen LogP contribution in [0.5, 0.6) is 5.88 Å². The van der Waals surface area contributed by atoms with Gasteiger partial charge in [0.25, 0.3) is 0 Å². The molecule has 29 heavy (non-hydrogen) atoms. The minimum Gasteiger partial charge on any atom is -0.475 e. The van der Waals surface area contributed by atoms with Crippen LogP contribution in [-0.4, -0.2) is 73.1 Å². The van der Waals surface area contributed by atoms with Gasteiger partial charge < -0.3 is 25.2 Å². The molecule has 152 valence electrons. The molecule has 1 saturated heterocycles. The Kier molecular flexibility index (Phi) is 5.43.